The molecular formula is C22H26BrFN2O3. The van der Waals surface area contributed by atoms with E-state index in [0.29, 0.717) is 11.3 Å². The lowest BCUT2D eigenvalue weighted by Gasteiger charge is -2.29. The lowest BCUT2D eigenvalue weighted by molar-refractivity contribution is -0.142. The van der Waals surface area contributed by atoms with Gasteiger partial charge < -0.3 is 15.0 Å². The second-order valence-electron chi connectivity index (χ2n) is 7.15. The molecule has 7 heteroatoms. The van der Waals surface area contributed by atoms with Gasteiger partial charge in [-0.25, -0.2) is 4.39 Å². The van der Waals surface area contributed by atoms with Gasteiger partial charge in [-0.05, 0) is 57.5 Å². The van der Waals surface area contributed by atoms with Crippen molar-refractivity contribution in [1.29, 1.82) is 0 Å². The molecule has 2 rings (SSSR count). The smallest absolute Gasteiger partial charge is 0.261 e. The number of hydrogen-bond donors (Lipinski definition) is 1. The molecule has 0 aromatic heterocycles. The summed E-state index contributed by atoms with van der Waals surface area (Å²) in [5.74, 6) is -0.584. The van der Waals surface area contributed by atoms with E-state index in [1.54, 1.807) is 31.2 Å². The highest BCUT2D eigenvalue weighted by Gasteiger charge is 2.27. The Hall–Kier alpha value is -2.41. The fourth-order valence-electron chi connectivity index (χ4n) is 2.73. The Morgan fingerprint density at radius 1 is 1.17 bits per heavy atom. The Balaban J connectivity index is 2.18. The molecule has 0 spiro atoms. The topological polar surface area (TPSA) is 58.6 Å². The van der Waals surface area contributed by atoms with Crippen molar-refractivity contribution < 1.29 is 18.7 Å². The highest BCUT2D eigenvalue weighted by atomic mass is 79.9. The molecule has 0 heterocycles. The number of nitrogens with one attached hydrogen (secondary N) is 1. The molecule has 2 aromatic rings. The fourth-order valence-corrected chi connectivity index (χ4v) is 2.98. The van der Waals surface area contributed by atoms with E-state index in [-0.39, 0.29) is 25.1 Å². The summed E-state index contributed by atoms with van der Waals surface area (Å²) in [7, 11) is 0. The number of nitrogens with zero attached hydrogens (tertiary/aromatic N) is 1. The zero-order chi connectivity index (χ0) is 21.6. The van der Waals surface area contributed by atoms with Gasteiger partial charge >= 0.3 is 0 Å². The summed E-state index contributed by atoms with van der Waals surface area (Å²) in [5, 5.41) is 2.79. The van der Waals surface area contributed by atoms with Crippen molar-refractivity contribution in [3.63, 3.8) is 0 Å². The number of hydrogen-bond acceptors (Lipinski definition) is 3. The molecule has 1 N–H and O–H groups in total. The van der Waals surface area contributed by atoms with E-state index in [1.807, 2.05) is 32.9 Å². The summed E-state index contributed by atoms with van der Waals surface area (Å²) in [6.45, 7) is 6.94. The third-order valence-electron chi connectivity index (χ3n) is 4.39. The third kappa shape index (κ3) is 6.56. The largest absolute Gasteiger partial charge is 0.484 e. The zero-order valence-corrected chi connectivity index (χ0v) is 18.6. The molecule has 5 nitrogen and oxygen atoms in total. The summed E-state index contributed by atoms with van der Waals surface area (Å²) in [4.78, 5) is 26.7. The monoisotopic (exact) mass is 464 g/mol. The number of ether oxygens (including phenoxy) is 1. The average Bonchev–Trinajstić information content (AvgIpc) is 2.67. The Bertz CT molecular complexity index is 873. The number of aryl methyl sites for hydroxylation is 1. The van der Waals surface area contributed by atoms with E-state index in [1.165, 1.54) is 11.0 Å². The molecule has 0 aliphatic carbocycles. The SMILES string of the molecule is Cc1cc(OCC(=O)N(Cc2ccccc2F)[C@H](C)C(=O)NC(C)C)ccc1Br. The van der Waals surface area contributed by atoms with Gasteiger partial charge in [-0.3, -0.25) is 9.59 Å². The molecule has 0 aliphatic rings. The fraction of sp³-hybridized carbons (Fsp3) is 0.364. The van der Waals surface area contributed by atoms with Crippen LogP contribution in [0.15, 0.2) is 46.9 Å². The van der Waals surface area contributed by atoms with Crippen molar-refractivity contribution in [2.45, 2.75) is 46.3 Å². The second-order valence-corrected chi connectivity index (χ2v) is 8.01. The van der Waals surface area contributed by atoms with Gasteiger partial charge in [0.05, 0.1) is 0 Å². The van der Waals surface area contributed by atoms with Crippen molar-refractivity contribution in [3.05, 3.63) is 63.9 Å². The molecule has 0 unspecified atom stereocenters. The summed E-state index contributed by atoms with van der Waals surface area (Å²) < 4.78 is 20.7. The van der Waals surface area contributed by atoms with E-state index in [9.17, 15) is 14.0 Å². The van der Waals surface area contributed by atoms with Gasteiger partial charge in [-0.1, -0.05) is 34.1 Å². The van der Waals surface area contributed by atoms with E-state index < -0.39 is 17.8 Å². The predicted octanol–water partition coefficient (Wildman–Crippen LogP) is 4.22. The van der Waals surface area contributed by atoms with E-state index in [0.717, 1.165) is 10.0 Å². The van der Waals surface area contributed by atoms with Gasteiger partial charge in [0.15, 0.2) is 6.61 Å². The predicted molar refractivity (Wildman–Crippen MR) is 114 cm³/mol. The first kappa shape index (κ1) is 22.9. The first-order valence-electron chi connectivity index (χ1n) is 9.41. The minimum Gasteiger partial charge on any atom is -0.484 e. The zero-order valence-electron chi connectivity index (χ0n) is 17.0. The molecule has 2 amide bonds. The average molecular weight is 465 g/mol. The number of carbonyl (C=O) groups is 2. The molecular weight excluding hydrogens is 439 g/mol. The third-order valence-corrected chi connectivity index (χ3v) is 5.28. The maximum absolute atomic E-state index is 14.1. The van der Waals surface area contributed by atoms with E-state index in [2.05, 4.69) is 21.2 Å². The van der Waals surface area contributed by atoms with Gasteiger partial charge in [0.25, 0.3) is 5.91 Å². The molecule has 0 bridgehead atoms. The highest BCUT2D eigenvalue weighted by Crippen LogP contribution is 2.22. The second kappa shape index (κ2) is 10.4. The normalized spacial score (nSPS) is 11.8. The molecule has 0 fully saturated rings. The van der Waals surface area contributed by atoms with Crippen LogP contribution >= 0.6 is 15.9 Å². The summed E-state index contributed by atoms with van der Waals surface area (Å²) >= 11 is 3.42. The van der Waals surface area contributed by atoms with Crippen molar-refractivity contribution in [3.8, 4) is 5.75 Å². The van der Waals surface area contributed by atoms with Gasteiger partial charge in [0.1, 0.15) is 17.6 Å². The molecule has 0 saturated carbocycles. The van der Waals surface area contributed by atoms with Crippen LogP contribution in [0.2, 0.25) is 0 Å². The van der Waals surface area contributed by atoms with Crippen molar-refractivity contribution in [1.82, 2.24) is 10.2 Å². The summed E-state index contributed by atoms with van der Waals surface area (Å²) in [6.07, 6.45) is 0. The van der Waals surface area contributed by atoms with E-state index >= 15 is 0 Å². The minimum absolute atomic E-state index is 0.0269. The molecule has 0 saturated heterocycles. The standard InChI is InChI=1S/C22H26BrFN2O3/c1-14(2)25-22(28)16(4)26(12-17-7-5-6-8-20(17)24)21(27)13-29-18-9-10-19(23)15(3)11-18/h5-11,14,16H,12-13H2,1-4H3,(H,25,28)/t16-/m1/s1. The van der Waals surface area contributed by atoms with Crippen LogP contribution in [0.1, 0.15) is 31.9 Å². The Labute approximate surface area is 179 Å². The van der Waals surface area contributed by atoms with E-state index in [4.69, 9.17) is 4.74 Å². The number of rotatable bonds is 8. The summed E-state index contributed by atoms with van der Waals surface area (Å²) in [6, 6.07) is 10.8. The lowest BCUT2D eigenvalue weighted by Crippen LogP contribution is -2.50. The van der Waals surface area contributed by atoms with Crippen LogP contribution in [0.4, 0.5) is 4.39 Å². The van der Waals surface area contributed by atoms with Crippen LogP contribution in [0.25, 0.3) is 0 Å². The number of carbonyl (C=O) groups excluding carboxylic acids is 2. The van der Waals surface area contributed by atoms with Crippen LogP contribution < -0.4 is 10.1 Å². The molecule has 29 heavy (non-hydrogen) atoms. The molecule has 1 atom stereocenters. The van der Waals surface area contributed by atoms with Gasteiger partial charge in [-0.2, -0.15) is 0 Å². The van der Waals surface area contributed by atoms with Gasteiger partial charge in [-0.15, -0.1) is 0 Å². The van der Waals surface area contributed by atoms with Crippen molar-refractivity contribution >= 4 is 27.7 Å². The molecule has 2 aromatic carbocycles. The maximum Gasteiger partial charge on any atom is 0.261 e. The van der Waals surface area contributed by atoms with Crippen LogP contribution in [0.3, 0.4) is 0 Å². The van der Waals surface area contributed by atoms with Gasteiger partial charge in [0, 0.05) is 22.6 Å². The molecule has 156 valence electrons. The van der Waals surface area contributed by atoms with Crippen LogP contribution in [0.5, 0.6) is 5.75 Å². The highest BCUT2D eigenvalue weighted by molar-refractivity contribution is 9.10. The summed E-state index contributed by atoms with van der Waals surface area (Å²) in [5.41, 5.74) is 1.31. The Kier molecular flexibility index (Phi) is 8.20. The first-order chi connectivity index (χ1) is 13.7. The maximum atomic E-state index is 14.1. The van der Waals surface area contributed by atoms with Crippen molar-refractivity contribution in [2.75, 3.05) is 6.61 Å². The molecule has 0 aliphatic heterocycles. The lowest BCUT2D eigenvalue weighted by atomic mass is 10.1. The van der Waals surface area contributed by atoms with Crippen LogP contribution in [-0.2, 0) is 16.1 Å². The quantitative estimate of drug-likeness (QED) is 0.636. The molecule has 0 radical (unpaired) electrons. The Morgan fingerprint density at radius 2 is 1.86 bits per heavy atom. The van der Waals surface area contributed by atoms with Gasteiger partial charge in [0.2, 0.25) is 5.91 Å². The van der Waals surface area contributed by atoms with Crippen LogP contribution in [-0.4, -0.2) is 35.4 Å². The number of benzene rings is 2. The Morgan fingerprint density at radius 3 is 2.48 bits per heavy atom. The van der Waals surface area contributed by atoms with Crippen LogP contribution in [0, 0.1) is 12.7 Å². The van der Waals surface area contributed by atoms with Crippen molar-refractivity contribution in [2.24, 2.45) is 0 Å². The number of amides is 2. The number of halogens is 2. The minimum atomic E-state index is -0.778. The first-order valence-corrected chi connectivity index (χ1v) is 10.2.